The molecule has 1 aromatic rings. The number of hydrogen-bond acceptors (Lipinski definition) is 7. The van der Waals surface area contributed by atoms with E-state index in [9.17, 15) is 22.4 Å². The van der Waals surface area contributed by atoms with Gasteiger partial charge < -0.3 is 5.32 Å². The number of carbonyl (C=O) groups is 2. The van der Waals surface area contributed by atoms with Crippen LogP contribution >= 0.6 is 0 Å². The molecule has 0 aliphatic carbocycles. The van der Waals surface area contributed by atoms with Gasteiger partial charge in [-0.2, -0.15) is 8.42 Å². The molecule has 1 atom stereocenters. The summed E-state index contributed by atoms with van der Waals surface area (Å²) in [6.07, 6.45) is 3.42. The maximum absolute atomic E-state index is 13.8. The van der Waals surface area contributed by atoms with Crippen LogP contribution in [0.25, 0.3) is 0 Å². The molecule has 1 aliphatic heterocycles. The quantitative estimate of drug-likeness (QED) is 0.572. The lowest BCUT2D eigenvalue weighted by molar-refractivity contribution is -0.133. The molecule has 1 aliphatic rings. The largest absolute Gasteiger partial charge is 0.372 e. The van der Waals surface area contributed by atoms with Crippen LogP contribution in [-0.2, 0) is 30.5 Å². The molecule has 1 unspecified atom stereocenters. The van der Waals surface area contributed by atoms with Gasteiger partial charge in [-0.1, -0.05) is 0 Å². The highest BCUT2D eigenvalue weighted by Gasteiger charge is 2.27. The first-order valence-corrected chi connectivity index (χ1v) is 8.15. The van der Waals surface area contributed by atoms with Crippen LogP contribution in [0.3, 0.4) is 0 Å². The molecule has 1 saturated heterocycles. The number of carbonyl (C=O) groups excluding carboxylic acids is 2. The number of halogens is 1. The van der Waals surface area contributed by atoms with Gasteiger partial charge in [0, 0.05) is 12.0 Å². The third-order valence-electron chi connectivity index (χ3n) is 2.99. The first-order valence-electron chi connectivity index (χ1n) is 6.33. The Morgan fingerprint density at radius 1 is 1.45 bits per heavy atom. The van der Waals surface area contributed by atoms with Crippen LogP contribution in [0, 0.1) is 5.82 Å². The van der Waals surface area contributed by atoms with E-state index in [2.05, 4.69) is 19.8 Å². The molecule has 0 spiro atoms. The zero-order chi connectivity index (χ0) is 16.3. The zero-order valence-electron chi connectivity index (χ0n) is 11.6. The van der Waals surface area contributed by atoms with E-state index in [1.807, 2.05) is 0 Å². The number of nitrogens with one attached hydrogen (secondary N) is 2. The van der Waals surface area contributed by atoms with Gasteiger partial charge in [0.2, 0.25) is 11.8 Å². The molecule has 2 rings (SSSR count). The van der Waals surface area contributed by atoms with Gasteiger partial charge in [-0.3, -0.25) is 24.1 Å². The Balaban J connectivity index is 2.18. The number of amides is 2. The Morgan fingerprint density at radius 3 is 2.82 bits per heavy atom. The van der Waals surface area contributed by atoms with Crippen LogP contribution in [0.1, 0.15) is 18.4 Å². The van der Waals surface area contributed by atoms with Crippen LogP contribution in [-0.4, -0.2) is 37.5 Å². The van der Waals surface area contributed by atoms with E-state index in [-0.39, 0.29) is 30.0 Å². The van der Waals surface area contributed by atoms with Crippen LogP contribution in [0.4, 0.5) is 10.1 Å². The molecule has 2 N–H and O–H groups in total. The summed E-state index contributed by atoms with van der Waals surface area (Å²) in [5, 5.41) is 4.91. The fraction of sp³-hybridized carbons (Fsp3) is 0.417. The van der Waals surface area contributed by atoms with Crippen molar-refractivity contribution in [2.24, 2.45) is 0 Å². The Kier molecular flexibility index (Phi) is 4.71. The molecule has 1 aromatic heterocycles. The third kappa shape index (κ3) is 4.21. The summed E-state index contributed by atoms with van der Waals surface area (Å²) in [5.74, 6) is -1.67. The highest BCUT2D eigenvalue weighted by molar-refractivity contribution is 7.85. The van der Waals surface area contributed by atoms with Crippen LogP contribution < -0.4 is 10.6 Å². The number of anilines is 1. The van der Waals surface area contributed by atoms with Crippen molar-refractivity contribution >= 4 is 27.6 Å². The predicted octanol–water partition coefficient (Wildman–Crippen LogP) is -0.0860. The molecule has 2 heterocycles. The summed E-state index contributed by atoms with van der Waals surface area (Å²) in [7, 11) is -3.75. The van der Waals surface area contributed by atoms with Crippen molar-refractivity contribution in [3.8, 4) is 0 Å². The van der Waals surface area contributed by atoms with Crippen molar-refractivity contribution in [2.45, 2.75) is 25.5 Å². The van der Waals surface area contributed by atoms with Crippen molar-refractivity contribution < 1.29 is 26.6 Å². The summed E-state index contributed by atoms with van der Waals surface area (Å²) in [6, 6.07) is -0.738. The molecular weight excluding hydrogens is 317 g/mol. The minimum Gasteiger partial charge on any atom is -0.372 e. The second-order valence-corrected chi connectivity index (χ2v) is 6.41. The van der Waals surface area contributed by atoms with E-state index in [1.54, 1.807) is 0 Å². The van der Waals surface area contributed by atoms with Crippen molar-refractivity contribution in [2.75, 3.05) is 11.6 Å². The molecule has 0 saturated carbocycles. The summed E-state index contributed by atoms with van der Waals surface area (Å²) < 4.78 is 40.4. The van der Waals surface area contributed by atoms with E-state index < -0.39 is 34.5 Å². The zero-order valence-corrected chi connectivity index (χ0v) is 12.4. The van der Waals surface area contributed by atoms with E-state index >= 15 is 0 Å². The maximum atomic E-state index is 13.8. The molecule has 22 heavy (non-hydrogen) atoms. The van der Waals surface area contributed by atoms with Gasteiger partial charge in [0.05, 0.1) is 30.9 Å². The monoisotopic (exact) mass is 331 g/mol. The lowest BCUT2D eigenvalue weighted by Gasteiger charge is -2.23. The molecule has 8 nitrogen and oxygen atoms in total. The number of aromatic nitrogens is 1. The average molecular weight is 331 g/mol. The topological polar surface area (TPSA) is 114 Å². The lowest BCUT2D eigenvalue weighted by atomic mass is 10.1. The Morgan fingerprint density at radius 2 is 2.18 bits per heavy atom. The average Bonchev–Trinajstić information content (AvgIpc) is 2.40. The Bertz CT molecular complexity index is 707. The predicted molar refractivity (Wildman–Crippen MR) is 73.6 cm³/mol. The fourth-order valence-corrected chi connectivity index (χ4v) is 2.25. The molecule has 120 valence electrons. The number of pyridine rings is 1. The molecule has 0 radical (unpaired) electrons. The number of rotatable bonds is 5. The second kappa shape index (κ2) is 6.36. The molecular formula is C12H14FN3O5S. The Labute approximate surface area is 126 Å². The standard InChI is InChI=1S/C12H14FN3O5S/c1-22(19,20)21-6-7-8(13)4-14-5-10(7)15-9-2-3-11(17)16-12(9)18/h4-5,9,15H,2-3,6H2,1H3,(H,16,17,18). The van der Waals surface area contributed by atoms with Gasteiger partial charge in [-0.15, -0.1) is 0 Å². The molecule has 0 aromatic carbocycles. The molecule has 2 amide bonds. The SMILES string of the molecule is CS(=O)(=O)OCc1c(F)cncc1NC1CCC(=O)NC1=O. The highest BCUT2D eigenvalue weighted by atomic mass is 32.2. The van der Waals surface area contributed by atoms with E-state index in [0.29, 0.717) is 0 Å². The molecule has 1 fully saturated rings. The minimum atomic E-state index is -3.75. The maximum Gasteiger partial charge on any atom is 0.264 e. The second-order valence-electron chi connectivity index (χ2n) is 4.76. The van der Waals surface area contributed by atoms with Crippen LogP contribution in [0.2, 0.25) is 0 Å². The Hall–Kier alpha value is -2.07. The number of hydrogen-bond donors (Lipinski definition) is 2. The fourth-order valence-electron chi connectivity index (χ4n) is 1.92. The summed E-state index contributed by atoms with van der Waals surface area (Å²) >= 11 is 0. The van der Waals surface area contributed by atoms with Crippen molar-refractivity contribution in [1.82, 2.24) is 10.3 Å². The molecule has 10 heteroatoms. The number of nitrogens with zero attached hydrogens (tertiary/aromatic N) is 1. The third-order valence-corrected chi connectivity index (χ3v) is 3.54. The van der Waals surface area contributed by atoms with Crippen molar-refractivity contribution in [3.05, 3.63) is 23.8 Å². The number of imide groups is 1. The van der Waals surface area contributed by atoms with Crippen molar-refractivity contribution in [1.29, 1.82) is 0 Å². The molecule has 0 bridgehead atoms. The smallest absolute Gasteiger partial charge is 0.264 e. The minimum absolute atomic E-state index is 0.0647. The van der Waals surface area contributed by atoms with Crippen LogP contribution in [0.15, 0.2) is 12.4 Å². The van der Waals surface area contributed by atoms with Crippen molar-refractivity contribution in [3.63, 3.8) is 0 Å². The number of piperidine rings is 1. The van der Waals surface area contributed by atoms with Gasteiger partial charge in [0.25, 0.3) is 10.1 Å². The van der Waals surface area contributed by atoms with Gasteiger partial charge in [0.1, 0.15) is 11.9 Å². The van der Waals surface area contributed by atoms with Crippen LogP contribution in [0.5, 0.6) is 0 Å². The van der Waals surface area contributed by atoms with E-state index in [1.165, 1.54) is 6.20 Å². The van der Waals surface area contributed by atoms with Gasteiger partial charge in [-0.25, -0.2) is 4.39 Å². The van der Waals surface area contributed by atoms with Gasteiger partial charge >= 0.3 is 0 Å². The normalized spacial score (nSPS) is 18.9. The van der Waals surface area contributed by atoms with E-state index in [0.717, 1.165) is 12.5 Å². The van der Waals surface area contributed by atoms with Gasteiger partial charge in [0.15, 0.2) is 0 Å². The summed E-state index contributed by atoms with van der Waals surface area (Å²) in [5.41, 5.74) is 0.0725. The van der Waals surface area contributed by atoms with E-state index in [4.69, 9.17) is 0 Å². The lowest BCUT2D eigenvalue weighted by Crippen LogP contribution is -2.47. The summed E-state index contributed by atoms with van der Waals surface area (Å²) in [4.78, 5) is 26.4. The first-order chi connectivity index (χ1) is 10.3. The van der Waals surface area contributed by atoms with Gasteiger partial charge in [-0.05, 0) is 6.42 Å². The first kappa shape index (κ1) is 16.3. The summed E-state index contributed by atoms with van der Waals surface area (Å²) in [6.45, 7) is -0.525. The highest BCUT2D eigenvalue weighted by Crippen LogP contribution is 2.21.